The van der Waals surface area contributed by atoms with Gasteiger partial charge in [-0.1, -0.05) is 11.6 Å². The fraction of sp³-hybridized carbons (Fsp3) is 0.154. The van der Waals surface area contributed by atoms with Crippen LogP contribution < -0.4 is 15.8 Å². The molecule has 1 aromatic carbocycles. The fourth-order valence-electron chi connectivity index (χ4n) is 1.55. The van der Waals surface area contributed by atoms with Gasteiger partial charge >= 0.3 is 0 Å². The van der Waals surface area contributed by atoms with Crippen LogP contribution >= 0.6 is 11.6 Å². The van der Waals surface area contributed by atoms with Gasteiger partial charge in [0, 0.05) is 11.1 Å². The van der Waals surface area contributed by atoms with Gasteiger partial charge in [-0.05, 0) is 30.7 Å². The first-order chi connectivity index (χ1) is 8.60. The van der Waals surface area contributed by atoms with E-state index in [0.29, 0.717) is 22.3 Å². The number of nitrogens with two attached hydrogens (primary N) is 1. The molecule has 0 bridgehead atoms. The number of pyridine rings is 1. The van der Waals surface area contributed by atoms with Crippen LogP contribution in [0, 0.1) is 6.92 Å². The van der Waals surface area contributed by atoms with Crippen LogP contribution in [0.4, 0.5) is 17.2 Å². The molecule has 2 aromatic rings. The Bertz CT molecular complexity index is 555. The van der Waals surface area contributed by atoms with E-state index in [1.54, 1.807) is 31.5 Å². The summed E-state index contributed by atoms with van der Waals surface area (Å²) >= 11 is 6.05. The number of halogens is 1. The van der Waals surface area contributed by atoms with Gasteiger partial charge in [0.15, 0.2) is 0 Å². The molecule has 0 aliphatic heterocycles. The molecule has 0 spiro atoms. The molecule has 0 aliphatic rings. The van der Waals surface area contributed by atoms with E-state index in [2.05, 4.69) is 10.3 Å². The van der Waals surface area contributed by atoms with Crippen molar-refractivity contribution in [2.45, 2.75) is 6.92 Å². The Morgan fingerprint density at radius 2 is 2.11 bits per heavy atom. The van der Waals surface area contributed by atoms with E-state index >= 15 is 0 Å². The Hall–Kier alpha value is -1.94. The highest BCUT2D eigenvalue weighted by Gasteiger charge is 2.07. The maximum Gasteiger partial charge on any atom is 0.143 e. The lowest BCUT2D eigenvalue weighted by atomic mass is 10.2. The Morgan fingerprint density at radius 3 is 2.72 bits per heavy atom. The minimum Gasteiger partial charge on any atom is -0.495 e. The molecule has 0 aliphatic carbocycles. The van der Waals surface area contributed by atoms with E-state index in [0.717, 1.165) is 11.3 Å². The number of aromatic nitrogens is 1. The van der Waals surface area contributed by atoms with Crippen molar-refractivity contribution in [1.82, 2.24) is 4.98 Å². The Labute approximate surface area is 111 Å². The van der Waals surface area contributed by atoms with Crippen molar-refractivity contribution in [2.75, 3.05) is 18.2 Å². The number of aryl methyl sites for hydroxylation is 1. The molecule has 0 atom stereocenters. The lowest BCUT2D eigenvalue weighted by Crippen LogP contribution is -1.98. The van der Waals surface area contributed by atoms with Gasteiger partial charge in [0.05, 0.1) is 24.7 Å². The molecule has 2 rings (SSSR count). The van der Waals surface area contributed by atoms with Gasteiger partial charge in [0.2, 0.25) is 0 Å². The molecule has 0 unspecified atom stereocenters. The highest BCUT2D eigenvalue weighted by Crippen LogP contribution is 2.32. The number of rotatable bonds is 3. The SMILES string of the molecule is COc1cc(Cl)c(C)cc1Nc1ccc(N)cn1. The normalized spacial score (nSPS) is 10.2. The van der Waals surface area contributed by atoms with Crippen LogP contribution in [0.15, 0.2) is 30.5 Å². The fourth-order valence-corrected chi connectivity index (χ4v) is 1.70. The third-order valence-electron chi connectivity index (χ3n) is 2.53. The maximum absolute atomic E-state index is 6.05. The monoisotopic (exact) mass is 263 g/mol. The molecular formula is C13H14ClN3O. The van der Waals surface area contributed by atoms with Gasteiger partial charge in [-0.3, -0.25) is 0 Å². The molecule has 4 nitrogen and oxygen atoms in total. The summed E-state index contributed by atoms with van der Waals surface area (Å²) in [5.41, 5.74) is 8.00. The molecule has 1 aromatic heterocycles. The molecule has 94 valence electrons. The predicted octanol–water partition coefficient (Wildman–Crippen LogP) is 3.38. The number of benzene rings is 1. The van der Waals surface area contributed by atoms with Gasteiger partial charge in [-0.15, -0.1) is 0 Å². The number of methoxy groups -OCH3 is 1. The second-order valence-electron chi connectivity index (χ2n) is 3.90. The Balaban J connectivity index is 2.33. The van der Waals surface area contributed by atoms with E-state index in [4.69, 9.17) is 22.1 Å². The van der Waals surface area contributed by atoms with Crippen molar-refractivity contribution in [3.8, 4) is 5.75 Å². The minimum absolute atomic E-state index is 0.625. The molecule has 0 saturated heterocycles. The van der Waals surface area contributed by atoms with Crippen molar-refractivity contribution in [3.63, 3.8) is 0 Å². The Kier molecular flexibility index (Phi) is 3.58. The lowest BCUT2D eigenvalue weighted by Gasteiger charge is -2.12. The van der Waals surface area contributed by atoms with Crippen molar-refractivity contribution >= 4 is 28.8 Å². The molecule has 0 radical (unpaired) electrons. The zero-order chi connectivity index (χ0) is 13.1. The van der Waals surface area contributed by atoms with Crippen LogP contribution in [-0.4, -0.2) is 12.1 Å². The largest absolute Gasteiger partial charge is 0.495 e. The van der Waals surface area contributed by atoms with Gasteiger partial charge in [-0.25, -0.2) is 4.98 Å². The van der Waals surface area contributed by atoms with E-state index in [1.807, 2.05) is 13.0 Å². The number of nitrogen functional groups attached to an aromatic ring is 1. The van der Waals surface area contributed by atoms with Crippen molar-refractivity contribution in [3.05, 3.63) is 41.0 Å². The molecule has 0 saturated carbocycles. The van der Waals surface area contributed by atoms with Gasteiger partial charge in [-0.2, -0.15) is 0 Å². The predicted molar refractivity (Wildman–Crippen MR) is 74.7 cm³/mol. The van der Waals surface area contributed by atoms with E-state index in [-0.39, 0.29) is 0 Å². The number of nitrogens with one attached hydrogen (secondary N) is 1. The van der Waals surface area contributed by atoms with Crippen molar-refractivity contribution < 1.29 is 4.74 Å². The van der Waals surface area contributed by atoms with Gasteiger partial charge < -0.3 is 15.8 Å². The molecule has 0 fully saturated rings. The third kappa shape index (κ3) is 2.65. The minimum atomic E-state index is 0.625. The van der Waals surface area contributed by atoms with Crippen LogP contribution in [-0.2, 0) is 0 Å². The van der Waals surface area contributed by atoms with E-state index in [9.17, 15) is 0 Å². The second kappa shape index (κ2) is 5.14. The summed E-state index contributed by atoms with van der Waals surface area (Å²) in [6, 6.07) is 7.28. The first-order valence-electron chi connectivity index (χ1n) is 5.43. The van der Waals surface area contributed by atoms with Crippen LogP contribution in [0.3, 0.4) is 0 Å². The first-order valence-corrected chi connectivity index (χ1v) is 5.80. The number of hydrogen-bond donors (Lipinski definition) is 2. The average molecular weight is 264 g/mol. The molecule has 18 heavy (non-hydrogen) atoms. The summed E-state index contributed by atoms with van der Waals surface area (Å²) in [6.07, 6.45) is 1.59. The standard InChI is InChI=1S/C13H14ClN3O/c1-8-5-11(12(18-2)6-10(8)14)17-13-4-3-9(15)7-16-13/h3-7H,15H2,1-2H3,(H,16,17). The van der Waals surface area contributed by atoms with Crippen LogP contribution in [0.25, 0.3) is 0 Å². The number of anilines is 3. The van der Waals surface area contributed by atoms with Crippen molar-refractivity contribution in [2.24, 2.45) is 0 Å². The van der Waals surface area contributed by atoms with Gasteiger partial charge in [0.25, 0.3) is 0 Å². The van der Waals surface area contributed by atoms with Crippen molar-refractivity contribution in [1.29, 1.82) is 0 Å². The summed E-state index contributed by atoms with van der Waals surface area (Å²) < 4.78 is 5.28. The zero-order valence-corrected chi connectivity index (χ0v) is 11.0. The molecule has 0 amide bonds. The number of ether oxygens (including phenoxy) is 1. The van der Waals surface area contributed by atoms with Crippen LogP contribution in [0.5, 0.6) is 5.75 Å². The number of nitrogens with zero attached hydrogens (tertiary/aromatic N) is 1. The van der Waals surface area contributed by atoms with E-state index < -0.39 is 0 Å². The summed E-state index contributed by atoms with van der Waals surface area (Å²) in [6.45, 7) is 1.93. The van der Waals surface area contributed by atoms with Gasteiger partial charge in [0.1, 0.15) is 11.6 Å². The Morgan fingerprint density at radius 1 is 1.33 bits per heavy atom. The van der Waals surface area contributed by atoms with Crippen LogP contribution in [0.2, 0.25) is 5.02 Å². The topological polar surface area (TPSA) is 60.2 Å². The molecule has 5 heteroatoms. The molecular weight excluding hydrogens is 250 g/mol. The molecule has 3 N–H and O–H groups in total. The summed E-state index contributed by atoms with van der Waals surface area (Å²) in [7, 11) is 1.60. The zero-order valence-electron chi connectivity index (χ0n) is 10.2. The number of hydrogen-bond acceptors (Lipinski definition) is 4. The van der Waals surface area contributed by atoms with E-state index in [1.165, 1.54) is 0 Å². The highest BCUT2D eigenvalue weighted by molar-refractivity contribution is 6.31. The molecule has 1 heterocycles. The summed E-state index contributed by atoms with van der Waals surface area (Å²) in [5.74, 6) is 1.37. The summed E-state index contributed by atoms with van der Waals surface area (Å²) in [4.78, 5) is 4.18. The van der Waals surface area contributed by atoms with Crippen LogP contribution in [0.1, 0.15) is 5.56 Å². The first kappa shape index (κ1) is 12.5. The summed E-state index contributed by atoms with van der Waals surface area (Å²) in [5, 5.41) is 3.84. The third-order valence-corrected chi connectivity index (χ3v) is 2.94. The smallest absolute Gasteiger partial charge is 0.143 e. The second-order valence-corrected chi connectivity index (χ2v) is 4.31. The quantitative estimate of drug-likeness (QED) is 0.891. The maximum atomic E-state index is 6.05. The highest BCUT2D eigenvalue weighted by atomic mass is 35.5. The lowest BCUT2D eigenvalue weighted by molar-refractivity contribution is 0.416. The average Bonchev–Trinajstić information content (AvgIpc) is 2.36.